The van der Waals surface area contributed by atoms with Crippen LogP contribution in [0.1, 0.15) is 32.4 Å². The molecule has 5 heteroatoms. The van der Waals surface area contributed by atoms with Gasteiger partial charge in [0, 0.05) is 24.1 Å². The first-order valence-corrected chi connectivity index (χ1v) is 7.39. The van der Waals surface area contributed by atoms with Crippen molar-refractivity contribution in [2.24, 2.45) is 0 Å². The van der Waals surface area contributed by atoms with Gasteiger partial charge in [0.05, 0.1) is 12.0 Å². The summed E-state index contributed by atoms with van der Waals surface area (Å²) in [4.78, 5) is 4.55. The lowest BCUT2D eigenvalue weighted by molar-refractivity contribution is 0.214. The number of nitrogens with zero attached hydrogens (tertiary/aromatic N) is 1. The maximum Gasteiger partial charge on any atom is 0.162 e. The van der Waals surface area contributed by atoms with Crippen molar-refractivity contribution >= 4 is 11.3 Å². The first kappa shape index (κ1) is 14.2. The van der Waals surface area contributed by atoms with E-state index in [-0.39, 0.29) is 12.1 Å². The second-order valence-corrected chi connectivity index (χ2v) is 5.72. The fraction of sp³-hybridized carbons (Fsp3) is 0.500. The van der Waals surface area contributed by atoms with Crippen LogP contribution in [0.15, 0.2) is 28.2 Å². The number of aliphatic hydroxyl groups is 1. The Morgan fingerprint density at radius 2 is 2.37 bits per heavy atom. The number of hydrogen-bond donors (Lipinski definition) is 2. The van der Waals surface area contributed by atoms with Gasteiger partial charge >= 0.3 is 0 Å². The molecule has 4 nitrogen and oxygen atoms in total. The van der Waals surface area contributed by atoms with Crippen LogP contribution in [0.4, 0.5) is 0 Å². The second kappa shape index (κ2) is 6.32. The molecule has 2 aromatic rings. The topological polar surface area (TPSA) is 58.3 Å². The molecule has 0 saturated heterocycles. The number of furan rings is 1. The van der Waals surface area contributed by atoms with Crippen LogP contribution in [-0.2, 0) is 6.54 Å². The van der Waals surface area contributed by atoms with Crippen LogP contribution >= 0.6 is 11.3 Å². The number of rotatable bonds is 7. The molecule has 0 radical (unpaired) electrons. The van der Waals surface area contributed by atoms with E-state index in [1.165, 1.54) is 0 Å². The summed E-state index contributed by atoms with van der Waals surface area (Å²) in [5.74, 6) is 0.810. The molecule has 0 aromatic carbocycles. The Bertz CT molecular complexity index is 495. The summed E-state index contributed by atoms with van der Waals surface area (Å²) in [6, 6.07) is 3.78. The molecule has 0 aliphatic carbocycles. The van der Waals surface area contributed by atoms with E-state index in [9.17, 15) is 0 Å². The molecule has 2 heterocycles. The van der Waals surface area contributed by atoms with Crippen molar-refractivity contribution < 1.29 is 9.52 Å². The smallest absolute Gasteiger partial charge is 0.162 e. The maximum atomic E-state index is 9.09. The minimum absolute atomic E-state index is 0.0385. The first-order valence-electron chi connectivity index (χ1n) is 6.51. The van der Waals surface area contributed by atoms with Crippen molar-refractivity contribution in [2.75, 3.05) is 6.61 Å². The third-order valence-corrected chi connectivity index (χ3v) is 4.33. The summed E-state index contributed by atoms with van der Waals surface area (Å²) in [5.41, 5.74) is 0.970. The van der Waals surface area contributed by atoms with Gasteiger partial charge in [0.15, 0.2) is 10.8 Å². The van der Waals surface area contributed by atoms with Crippen molar-refractivity contribution in [3.63, 3.8) is 0 Å². The molecule has 0 aliphatic rings. The van der Waals surface area contributed by atoms with Gasteiger partial charge in [-0.2, -0.15) is 0 Å². The van der Waals surface area contributed by atoms with Crippen molar-refractivity contribution in [3.05, 3.63) is 29.5 Å². The highest BCUT2D eigenvalue weighted by atomic mass is 32.1. The quantitative estimate of drug-likeness (QED) is 0.818. The van der Waals surface area contributed by atoms with E-state index in [0.29, 0.717) is 6.54 Å². The van der Waals surface area contributed by atoms with Crippen LogP contribution in [0.25, 0.3) is 10.8 Å². The molecule has 0 aliphatic heterocycles. The zero-order valence-electron chi connectivity index (χ0n) is 11.3. The molecular formula is C14H20N2O2S. The highest BCUT2D eigenvalue weighted by Gasteiger charge is 2.20. The molecule has 2 aromatic heterocycles. The van der Waals surface area contributed by atoms with Crippen LogP contribution in [0.3, 0.4) is 0 Å². The molecule has 2 rings (SSSR count). The predicted octanol–water partition coefficient (Wildman–Crippen LogP) is 3.04. The van der Waals surface area contributed by atoms with Crippen molar-refractivity contribution in [3.8, 4) is 10.8 Å². The third-order valence-electron chi connectivity index (χ3n) is 3.42. The molecule has 0 fully saturated rings. The summed E-state index contributed by atoms with van der Waals surface area (Å²) >= 11 is 1.58. The summed E-state index contributed by atoms with van der Waals surface area (Å²) in [5, 5.41) is 15.5. The van der Waals surface area contributed by atoms with E-state index >= 15 is 0 Å². The number of thiazole rings is 1. The van der Waals surface area contributed by atoms with E-state index in [0.717, 1.165) is 29.3 Å². The molecule has 1 atom stereocenters. The lowest BCUT2D eigenvalue weighted by Crippen LogP contribution is -2.42. The van der Waals surface area contributed by atoms with Crippen molar-refractivity contribution in [1.82, 2.24) is 10.3 Å². The summed E-state index contributed by atoms with van der Waals surface area (Å²) in [6.07, 6.45) is 3.38. The standard InChI is InChI=1S/C14H20N2O2S/c1-3-14(2,6-7-17)15-9-11-10-19-13(16-11)12-5-4-8-18-12/h4-5,8,10,15,17H,3,6-7,9H2,1-2H3. The van der Waals surface area contributed by atoms with Crippen LogP contribution in [0, 0.1) is 0 Å². The van der Waals surface area contributed by atoms with Crippen molar-refractivity contribution in [1.29, 1.82) is 0 Å². The number of hydrogen-bond acceptors (Lipinski definition) is 5. The van der Waals surface area contributed by atoms with E-state index in [2.05, 4.69) is 24.1 Å². The zero-order chi connectivity index (χ0) is 13.7. The summed E-state index contributed by atoms with van der Waals surface area (Å²) < 4.78 is 5.33. The highest BCUT2D eigenvalue weighted by molar-refractivity contribution is 7.13. The average Bonchev–Trinajstić information content (AvgIpc) is 3.07. The predicted molar refractivity (Wildman–Crippen MR) is 77.1 cm³/mol. The Morgan fingerprint density at radius 3 is 3.00 bits per heavy atom. The largest absolute Gasteiger partial charge is 0.462 e. The minimum atomic E-state index is -0.0385. The van der Waals surface area contributed by atoms with Gasteiger partial charge in [0.1, 0.15) is 0 Å². The highest BCUT2D eigenvalue weighted by Crippen LogP contribution is 2.24. The molecule has 0 bridgehead atoms. The molecule has 0 spiro atoms. The van der Waals surface area contributed by atoms with E-state index in [1.54, 1.807) is 17.6 Å². The zero-order valence-corrected chi connectivity index (χ0v) is 12.2. The summed E-state index contributed by atoms with van der Waals surface area (Å²) in [6.45, 7) is 5.16. The minimum Gasteiger partial charge on any atom is -0.462 e. The lowest BCUT2D eigenvalue weighted by atomic mass is 9.95. The molecular weight excluding hydrogens is 260 g/mol. The Balaban J connectivity index is 1.97. The van der Waals surface area contributed by atoms with Gasteiger partial charge in [-0.1, -0.05) is 6.92 Å². The number of aromatic nitrogens is 1. The van der Waals surface area contributed by atoms with Gasteiger partial charge in [-0.15, -0.1) is 11.3 Å². The van der Waals surface area contributed by atoms with Gasteiger partial charge in [0.2, 0.25) is 0 Å². The van der Waals surface area contributed by atoms with E-state index in [1.807, 2.05) is 17.5 Å². The fourth-order valence-electron chi connectivity index (χ4n) is 1.84. The fourth-order valence-corrected chi connectivity index (χ4v) is 2.63. The Kier molecular flexibility index (Phi) is 4.74. The molecule has 19 heavy (non-hydrogen) atoms. The van der Waals surface area contributed by atoms with Gasteiger partial charge in [-0.3, -0.25) is 0 Å². The maximum absolute atomic E-state index is 9.09. The lowest BCUT2D eigenvalue weighted by Gasteiger charge is -2.28. The summed E-state index contributed by atoms with van der Waals surface area (Å²) in [7, 11) is 0. The van der Waals surface area contributed by atoms with Crippen molar-refractivity contribution in [2.45, 2.75) is 38.8 Å². The van der Waals surface area contributed by atoms with Crippen LogP contribution < -0.4 is 5.32 Å². The monoisotopic (exact) mass is 280 g/mol. The van der Waals surface area contributed by atoms with Crippen LogP contribution in [0.5, 0.6) is 0 Å². The van der Waals surface area contributed by atoms with E-state index in [4.69, 9.17) is 9.52 Å². The van der Waals surface area contributed by atoms with Crippen LogP contribution in [0.2, 0.25) is 0 Å². The second-order valence-electron chi connectivity index (χ2n) is 4.86. The van der Waals surface area contributed by atoms with Gasteiger partial charge in [-0.05, 0) is 31.9 Å². The molecule has 0 saturated carbocycles. The molecule has 104 valence electrons. The van der Waals surface area contributed by atoms with Gasteiger partial charge < -0.3 is 14.8 Å². The molecule has 1 unspecified atom stereocenters. The SMILES string of the molecule is CCC(C)(CCO)NCc1csc(-c2ccco2)n1. The normalized spacial score (nSPS) is 14.5. The van der Waals surface area contributed by atoms with Gasteiger partial charge in [0.25, 0.3) is 0 Å². The Morgan fingerprint density at radius 1 is 1.53 bits per heavy atom. The molecule has 0 amide bonds. The Labute approximate surface area is 117 Å². The average molecular weight is 280 g/mol. The Hall–Kier alpha value is -1.17. The van der Waals surface area contributed by atoms with E-state index < -0.39 is 0 Å². The molecule has 2 N–H and O–H groups in total. The number of nitrogens with one attached hydrogen (secondary N) is 1. The first-order chi connectivity index (χ1) is 9.17. The van der Waals surface area contributed by atoms with Crippen LogP contribution in [-0.4, -0.2) is 22.2 Å². The van der Waals surface area contributed by atoms with Gasteiger partial charge in [-0.25, -0.2) is 4.98 Å². The number of aliphatic hydroxyl groups excluding tert-OH is 1. The third kappa shape index (κ3) is 3.65.